The Labute approximate surface area is 162 Å². The Morgan fingerprint density at radius 2 is 0.923 bits per heavy atom. The Hall–Kier alpha value is -0.910. The van der Waals surface area contributed by atoms with E-state index < -0.39 is 9.84 Å². The van der Waals surface area contributed by atoms with Crippen molar-refractivity contribution in [3.63, 3.8) is 0 Å². The zero-order valence-electron chi connectivity index (χ0n) is 19.0. The van der Waals surface area contributed by atoms with E-state index in [9.17, 15) is 18.0 Å². The number of carbonyl (C=O) groups excluding carboxylic acids is 2. The number of nitrogens with one attached hydrogen (secondary N) is 1. The van der Waals surface area contributed by atoms with E-state index in [1.807, 2.05) is 55.4 Å². The van der Waals surface area contributed by atoms with Crippen molar-refractivity contribution in [2.45, 2.75) is 99.6 Å². The molecule has 0 radical (unpaired) electrons. The van der Waals surface area contributed by atoms with Gasteiger partial charge in [-0.3, -0.25) is 9.59 Å². The second kappa shape index (κ2) is 14.2. The van der Waals surface area contributed by atoms with Crippen LogP contribution in [-0.4, -0.2) is 36.6 Å². The van der Waals surface area contributed by atoms with Crippen LogP contribution in [0, 0.1) is 17.8 Å². The van der Waals surface area contributed by atoms with Crippen molar-refractivity contribution >= 4 is 21.5 Å². The minimum Gasteiger partial charge on any atom is -0.354 e. The fourth-order valence-electron chi connectivity index (χ4n) is 1.66. The first-order valence-corrected chi connectivity index (χ1v) is 11.2. The smallest absolute Gasteiger partial charge is 0.222 e. The van der Waals surface area contributed by atoms with Gasteiger partial charge in [0, 0.05) is 23.8 Å². The molecule has 0 aromatic heterocycles. The minimum absolute atomic E-state index is 0.104. The molecule has 0 aromatic rings. The van der Waals surface area contributed by atoms with Crippen molar-refractivity contribution in [2.24, 2.45) is 17.8 Å². The van der Waals surface area contributed by atoms with Gasteiger partial charge in [-0.1, -0.05) is 41.5 Å². The third-order valence-corrected chi connectivity index (χ3v) is 6.04. The lowest BCUT2D eigenvalue weighted by atomic mass is 9.99. The summed E-state index contributed by atoms with van der Waals surface area (Å²) in [5.41, 5.74) is 0. The van der Waals surface area contributed by atoms with Gasteiger partial charge in [-0.25, -0.2) is 8.42 Å². The molecule has 6 heteroatoms. The molecule has 0 aliphatic rings. The number of rotatable bonds is 6. The zero-order valence-corrected chi connectivity index (χ0v) is 19.8. The molecular weight excluding hydrogens is 350 g/mol. The second-order valence-corrected chi connectivity index (χ2v) is 11.3. The molecule has 0 fully saturated rings. The Balaban J connectivity index is -0.000000306. The highest BCUT2D eigenvalue weighted by Gasteiger charge is 2.19. The van der Waals surface area contributed by atoms with Crippen molar-refractivity contribution in [2.75, 3.05) is 0 Å². The number of carbonyl (C=O) groups is 2. The summed E-state index contributed by atoms with van der Waals surface area (Å²) in [6.45, 7) is 22.2. The molecule has 0 heterocycles. The van der Waals surface area contributed by atoms with E-state index in [4.69, 9.17) is 0 Å². The van der Waals surface area contributed by atoms with Gasteiger partial charge < -0.3 is 5.32 Å². The fraction of sp³-hybridized carbons (Fsp3) is 0.900. The lowest BCUT2D eigenvalue weighted by molar-refractivity contribution is -0.125. The van der Waals surface area contributed by atoms with Crippen molar-refractivity contribution in [1.82, 2.24) is 5.32 Å². The maximum atomic E-state index is 11.0. The van der Waals surface area contributed by atoms with Crippen LogP contribution in [0.1, 0.15) is 83.1 Å². The summed E-state index contributed by atoms with van der Waals surface area (Å²) >= 11 is 0. The highest BCUT2D eigenvalue weighted by atomic mass is 32.2. The first kappa shape index (κ1) is 29.8. The van der Waals surface area contributed by atoms with Gasteiger partial charge in [0.25, 0.3) is 0 Å². The summed E-state index contributed by atoms with van der Waals surface area (Å²) in [5.74, 6) is 0.993. The predicted molar refractivity (Wildman–Crippen MR) is 112 cm³/mol. The monoisotopic (exact) mass is 393 g/mol. The van der Waals surface area contributed by atoms with Crippen molar-refractivity contribution in [3.05, 3.63) is 0 Å². The van der Waals surface area contributed by atoms with Crippen molar-refractivity contribution in [3.8, 4) is 0 Å². The molecule has 0 atom stereocenters. The van der Waals surface area contributed by atoms with Crippen molar-refractivity contribution in [1.29, 1.82) is 0 Å². The Morgan fingerprint density at radius 1 is 0.615 bits per heavy atom. The number of hydrogen-bond acceptors (Lipinski definition) is 4. The first-order valence-electron chi connectivity index (χ1n) is 9.55. The van der Waals surface area contributed by atoms with Gasteiger partial charge in [-0.05, 0) is 41.5 Å². The van der Waals surface area contributed by atoms with E-state index in [0.29, 0.717) is 5.78 Å². The van der Waals surface area contributed by atoms with E-state index in [2.05, 4.69) is 5.32 Å². The largest absolute Gasteiger partial charge is 0.354 e. The standard InChI is InChI=1S/C7H15NO.C7H14O.C6H14O2S/c1-5(2)7(9)8-6(3)4;1-5(2)7(8)6(3)4;1-5(2)9(7,8)6(3)4/h5-6H,1-4H3,(H,8,9);5-6H,1-4H3;5-6H,1-4H3. The normalized spacial score (nSPS) is 11.5. The summed E-state index contributed by atoms with van der Waals surface area (Å²) < 4.78 is 22.1. The van der Waals surface area contributed by atoms with Crippen LogP contribution in [0.2, 0.25) is 0 Å². The van der Waals surface area contributed by atoms with E-state index in [1.165, 1.54) is 0 Å². The average molecular weight is 394 g/mol. The lowest BCUT2D eigenvalue weighted by Crippen LogP contribution is -2.33. The molecule has 1 amide bonds. The van der Waals surface area contributed by atoms with Crippen LogP contribution >= 0.6 is 0 Å². The molecule has 0 spiro atoms. The summed E-state index contributed by atoms with van der Waals surface area (Å²) in [4.78, 5) is 21.7. The van der Waals surface area contributed by atoms with E-state index in [1.54, 1.807) is 27.7 Å². The van der Waals surface area contributed by atoms with Gasteiger partial charge in [-0.2, -0.15) is 0 Å². The highest BCUT2D eigenvalue weighted by molar-refractivity contribution is 7.92. The minimum atomic E-state index is -2.81. The fourth-order valence-corrected chi connectivity index (χ4v) is 2.75. The van der Waals surface area contributed by atoms with Crippen LogP contribution in [0.15, 0.2) is 0 Å². The molecule has 26 heavy (non-hydrogen) atoms. The summed E-state index contributed by atoms with van der Waals surface area (Å²) in [5, 5.41) is 2.33. The molecule has 0 unspecified atom stereocenters. The lowest BCUT2D eigenvalue weighted by Gasteiger charge is -2.09. The molecule has 0 rings (SSSR count). The first-order chi connectivity index (χ1) is 11.5. The molecule has 158 valence electrons. The van der Waals surface area contributed by atoms with Gasteiger partial charge in [-0.15, -0.1) is 0 Å². The number of hydrogen-bond donors (Lipinski definition) is 1. The summed E-state index contributed by atoms with van der Waals surface area (Å²) in [6, 6.07) is 0.264. The van der Waals surface area contributed by atoms with Gasteiger partial charge in [0.1, 0.15) is 5.78 Å². The van der Waals surface area contributed by atoms with Gasteiger partial charge in [0.2, 0.25) is 5.91 Å². The summed E-state index contributed by atoms with van der Waals surface area (Å²) in [7, 11) is -2.81. The zero-order chi connectivity index (χ0) is 21.8. The topological polar surface area (TPSA) is 80.3 Å². The van der Waals surface area contributed by atoms with Crippen LogP contribution in [0.5, 0.6) is 0 Å². The number of amides is 1. The van der Waals surface area contributed by atoms with Crippen LogP contribution in [0.25, 0.3) is 0 Å². The van der Waals surface area contributed by atoms with E-state index >= 15 is 0 Å². The quantitative estimate of drug-likeness (QED) is 0.731. The predicted octanol–water partition coefficient (Wildman–Crippen LogP) is 4.25. The second-order valence-electron chi connectivity index (χ2n) is 8.22. The van der Waals surface area contributed by atoms with Crippen LogP contribution in [0.4, 0.5) is 0 Å². The molecule has 0 aliphatic heterocycles. The number of ketones is 1. The Morgan fingerprint density at radius 3 is 0.962 bits per heavy atom. The molecule has 1 N–H and O–H groups in total. The van der Waals surface area contributed by atoms with Gasteiger partial charge >= 0.3 is 0 Å². The molecular formula is C20H43NO4S. The SMILES string of the molecule is CC(C)C(=O)C(C)C.CC(C)NC(=O)C(C)C.CC(C)S(=O)(=O)C(C)C. The third-order valence-electron chi connectivity index (χ3n) is 3.41. The molecule has 0 saturated carbocycles. The van der Waals surface area contributed by atoms with Crippen LogP contribution in [0.3, 0.4) is 0 Å². The average Bonchev–Trinajstić information content (AvgIpc) is 2.46. The molecule has 0 bridgehead atoms. The molecule has 0 saturated heterocycles. The number of sulfone groups is 1. The Kier molecular flexibility index (Phi) is 16.3. The van der Waals surface area contributed by atoms with Gasteiger partial charge in [0.15, 0.2) is 9.84 Å². The van der Waals surface area contributed by atoms with Crippen molar-refractivity contribution < 1.29 is 18.0 Å². The van der Waals surface area contributed by atoms with E-state index in [-0.39, 0.29) is 40.2 Å². The molecule has 0 aliphatic carbocycles. The van der Waals surface area contributed by atoms with Crippen LogP contribution < -0.4 is 5.32 Å². The maximum Gasteiger partial charge on any atom is 0.222 e. The van der Waals surface area contributed by atoms with Gasteiger partial charge in [0.05, 0.1) is 10.5 Å². The van der Waals surface area contributed by atoms with E-state index in [0.717, 1.165) is 0 Å². The van der Waals surface area contributed by atoms with Crippen LogP contribution in [-0.2, 0) is 19.4 Å². The number of Topliss-reactive ketones (excluding diaryl/α,β-unsaturated/α-hetero) is 1. The maximum absolute atomic E-state index is 11.0. The Bertz CT molecular complexity index is 466. The molecule has 0 aromatic carbocycles. The summed E-state index contributed by atoms with van der Waals surface area (Å²) in [6.07, 6.45) is 0. The highest BCUT2D eigenvalue weighted by Crippen LogP contribution is 2.06. The third kappa shape index (κ3) is 15.4. The molecule has 5 nitrogen and oxygen atoms in total.